The minimum absolute atomic E-state index is 0.0780. The van der Waals surface area contributed by atoms with Crippen molar-refractivity contribution in [1.29, 1.82) is 0 Å². The third-order valence-corrected chi connectivity index (χ3v) is 4.14. The van der Waals surface area contributed by atoms with E-state index in [-0.39, 0.29) is 18.0 Å². The van der Waals surface area contributed by atoms with Gasteiger partial charge in [-0.1, -0.05) is 18.2 Å². The van der Waals surface area contributed by atoms with E-state index in [0.29, 0.717) is 0 Å². The van der Waals surface area contributed by atoms with E-state index in [9.17, 15) is 4.79 Å². The SMILES string of the molecule is CC(NC1CCCCNC1=O)c1ccccc1-n1cccn1. The molecule has 0 aliphatic carbocycles. The molecule has 1 aromatic carbocycles. The second kappa shape index (κ2) is 6.75. The lowest BCUT2D eigenvalue weighted by Crippen LogP contribution is -2.43. The lowest BCUT2D eigenvalue weighted by Gasteiger charge is -2.23. The van der Waals surface area contributed by atoms with Gasteiger partial charge in [-0.2, -0.15) is 5.10 Å². The molecule has 2 heterocycles. The fourth-order valence-corrected chi connectivity index (χ4v) is 2.96. The molecule has 5 heteroatoms. The molecule has 0 radical (unpaired) electrons. The summed E-state index contributed by atoms with van der Waals surface area (Å²) in [6.45, 7) is 2.88. The summed E-state index contributed by atoms with van der Waals surface area (Å²) in [5, 5.41) is 10.8. The monoisotopic (exact) mass is 298 g/mol. The van der Waals surface area contributed by atoms with E-state index in [0.717, 1.165) is 37.1 Å². The van der Waals surface area contributed by atoms with E-state index in [1.165, 1.54) is 0 Å². The van der Waals surface area contributed by atoms with Crippen LogP contribution in [0.4, 0.5) is 0 Å². The van der Waals surface area contributed by atoms with Gasteiger partial charge in [0, 0.05) is 25.0 Å². The highest BCUT2D eigenvalue weighted by molar-refractivity contribution is 5.82. The topological polar surface area (TPSA) is 58.9 Å². The zero-order chi connectivity index (χ0) is 15.4. The summed E-state index contributed by atoms with van der Waals surface area (Å²) < 4.78 is 1.86. The van der Waals surface area contributed by atoms with Gasteiger partial charge in [-0.3, -0.25) is 10.1 Å². The van der Waals surface area contributed by atoms with Crippen molar-refractivity contribution >= 4 is 5.91 Å². The summed E-state index contributed by atoms with van der Waals surface area (Å²) >= 11 is 0. The van der Waals surface area contributed by atoms with Gasteiger partial charge in [0.1, 0.15) is 0 Å². The first-order valence-electron chi connectivity index (χ1n) is 7.88. The molecule has 1 aromatic heterocycles. The molecule has 3 rings (SSSR count). The zero-order valence-corrected chi connectivity index (χ0v) is 12.8. The molecule has 1 saturated heterocycles. The number of nitrogens with zero attached hydrogens (tertiary/aromatic N) is 2. The third-order valence-electron chi connectivity index (χ3n) is 4.14. The van der Waals surface area contributed by atoms with Crippen molar-refractivity contribution in [2.75, 3.05) is 6.54 Å². The minimum atomic E-state index is -0.122. The summed E-state index contributed by atoms with van der Waals surface area (Å²) in [6, 6.07) is 10.0. The Kier molecular flexibility index (Phi) is 4.53. The van der Waals surface area contributed by atoms with Gasteiger partial charge in [0.25, 0.3) is 0 Å². The van der Waals surface area contributed by atoms with Crippen molar-refractivity contribution in [3.63, 3.8) is 0 Å². The minimum Gasteiger partial charge on any atom is -0.355 e. The smallest absolute Gasteiger partial charge is 0.237 e. The Morgan fingerprint density at radius 2 is 2.18 bits per heavy atom. The van der Waals surface area contributed by atoms with Crippen molar-refractivity contribution < 1.29 is 4.79 Å². The predicted octanol–water partition coefficient (Wildman–Crippen LogP) is 2.19. The molecule has 0 bridgehead atoms. The molecule has 5 nitrogen and oxygen atoms in total. The first kappa shape index (κ1) is 14.8. The second-order valence-corrected chi connectivity index (χ2v) is 5.74. The summed E-state index contributed by atoms with van der Waals surface area (Å²) in [4.78, 5) is 12.1. The second-order valence-electron chi connectivity index (χ2n) is 5.74. The van der Waals surface area contributed by atoms with Gasteiger partial charge in [-0.05, 0) is 43.9 Å². The van der Waals surface area contributed by atoms with Crippen molar-refractivity contribution in [2.45, 2.75) is 38.3 Å². The molecule has 2 atom stereocenters. The standard InChI is InChI=1S/C17H22N4O/c1-13(20-15-8-4-5-10-18-17(15)22)14-7-2-3-9-16(14)21-12-6-11-19-21/h2-3,6-7,9,11-13,15,20H,4-5,8,10H2,1H3,(H,18,22). The highest BCUT2D eigenvalue weighted by Crippen LogP contribution is 2.22. The van der Waals surface area contributed by atoms with Crippen LogP contribution < -0.4 is 10.6 Å². The van der Waals surface area contributed by atoms with Crippen LogP contribution in [0.3, 0.4) is 0 Å². The maximum atomic E-state index is 12.1. The van der Waals surface area contributed by atoms with E-state index < -0.39 is 0 Å². The van der Waals surface area contributed by atoms with Gasteiger partial charge in [0.15, 0.2) is 0 Å². The molecular weight excluding hydrogens is 276 g/mol. The van der Waals surface area contributed by atoms with Gasteiger partial charge in [0.05, 0.1) is 11.7 Å². The average molecular weight is 298 g/mol. The fraction of sp³-hybridized carbons (Fsp3) is 0.412. The molecule has 1 fully saturated rings. The van der Waals surface area contributed by atoms with Crippen LogP contribution in [0.1, 0.15) is 37.8 Å². The van der Waals surface area contributed by atoms with Gasteiger partial charge in [0.2, 0.25) is 5.91 Å². The Morgan fingerprint density at radius 3 is 3.00 bits per heavy atom. The molecular formula is C17H22N4O. The van der Waals surface area contributed by atoms with Crippen molar-refractivity contribution in [1.82, 2.24) is 20.4 Å². The predicted molar refractivity (Wildman–Crippen MR) is 85.8 cm³/mol. The van der Waals surface area contributed by atoms with Crippen molar-refractivity contribution in [3.8, 4) is 5.69 Å². The van der Waals surface area contributed by atoms with Crippen molar-refractivity contribution in [3.05, 3.63) is 48.3 Å². The normalized spacial score (nSPS) is 20.2. The van der Waals surface area contributed by atoms with Crippen LogP contribution in [0.15, 0.2) is 42.7 Å². The number of rotatable bonds is 4. The average Bonchev–Trinajstić information content (AvgIpc) is 3.00. The first-order chi connectivity index (χ1) is 10.8. The molecule has 22 heavy (non-hydrogen) atoms. The van der Waals surface area contributed by atoms with Crippen molar-refractivity contribution in [2.24, 2.45) is 0 Å². The van der Waals surface area contributed by atoms with E-state index in [1.807, 2.05) is 35.1 Å². The summed E-state index contributed by atoms with van der Waals surface area (Å²) in [5.41, 5.74) is 2.18. The van der Waals surface area contributed by atoms with Crippen LogP contribution in [0.5, 0.6) is 0 Å². The van der Waals surface area contributed by atoms with Gasteiger partial charge in [-0.25, -0.2) is 4.68 Å². The number of hydrogen-bond donors (Lipinski definition) is 2. The molecule has 116 valence electrons. The number of para-hydroxylation sites is 1. The number of nitrogens with one attached hydrogen (secondary N) is 2. The number of benzene rings is 1. The van der Waals surface area contributed by atoms with Crippen LogP contribution in [0, 0.1) is 0 Å². The first-order valence-corrected chi connectivity index (χ1v) is 7.88. The number of carbonyl (C=O) groups is 1. The van der Waals surface area contributed by atoms with Gasteiger partial charge in [-0.15, -0.1) is 0 Å². The maximum absolute atomic E-state index is 12.1. The molecule has 1 amide bonds. The summed E-state index contributed by atoms with van der Waals surface area (Å²) in [6.07, 6.45) is 6.73. The Balaban J connectivity index is 1.80. The Hall–Kier alpha value is -2.14. The molecule has 2 N–H and O–H groups in total. The molecule has 0 saturated carbocycles. The summed E-state index contributed by atoms with van der Waals surface area (Å²) in [5.74, 6) is 0.112. The number of hydrogen-bond acceptors (Lipinski definition) is 3. The van der Waals surface area contributed by atoms with Gasteiger partial charge >= 0.3 is 0 Å². The number of amides is 1. The maximum Gasteiger partial charge on any atom is 0.237 e. The molecule has 2 unspecified atom stereocenters. The highest BCUT2D eigenvalue weighted by Gasteiger charge is 2.23. The third kappa shape index (κ3) is 3.20. The van der Waals surface area contributed by atoms with E-state index in [1.54, 1.807) is 6.20 Å². The summed E-state index contributed by atoms with van der Waals surface area (Å²) in [7, 11) is 0. The van der Waals surface area contributed by atoms with E-state index in [4.69, 9.17) is 0 Å². The molecule has 1 aliphatic rings. The van der Waals surface area contributed by atoms with E-state index in [2.05, 4.69) is 28.7 Å². The molecule has 0 spiro atoms. The zero-order valence-electron chi connectivity index (χ0n) is 12.8. The fourth-order valence-electron chi connectivity index (χ4n) is 2.96. The quantitative estimate of drug-likeness (QED) is 0.909. The Morgan fingerprint density at radius 1 is 1.32 bits per heavy atom. The van der Waals surface area contributed by atoms with Crippen LogP contribution in [0.2, 0.25) is 0 Å². The number of carbonyl (C=O) groups excluding carboxylic acids is 1. The Bertz CT molecular complexity index is 623. The number of aromatic nitrogens is 2. The van der Waals surface area contributed by atoms with Crippen LogP contribution in [-0.4, -0.2) is 28.3 Å². The lowest BCUT2D eigenvalue weighted by atomic mass is 10.0. The molecule has 1 aliphatic heterocycles. The van der Waals surface area contributed by atoms with Crippen LogP contribution in [-0.2, 0) is 4.79 Å². The van der Waals surface area contributed by atoms with E-state index >= 15 is 0 Å². The lowest BCUT2D eigenvalue weighted by molar-refractivity contribution is -0.123. The molecule has 2 aromatic rings. The van der Waals surface area contributed by atoms with Crippen LogP contribution >= 0.6 is 0 Å². The Labute approximate surface area is 130 Å². The van der Waals surface area contributed by atoms with Crippen LogP contribution in [0.25, 0.3) is 5.69 Å². The largest absolute Gasteiger partial charge is 0.355 e. The van der Waals surface area contributed by atoms with Gasteiger partial charge < -0.3 is 5.32 Å². The highest BCUT2D eigenvalue weighted by atomic mass is 16.2.